The Kier molecular flexibility index (Phi) is 5.63. The highest BCUT2D eigenvalue weighted by atomic mass is 16.5. The van der Waals surface area contributed by atoms with Crippen molar-refractivity contribution in [2.75, 3.05) is 13.1 Å². The third-order valence-electron chi connectivity index (χ3n) is 6.12. The van der Waals surface area contributed by atoms with Crippen LogP contribution < -0.4 is 10.1 Å². The van der Waals surface area contributed by atoms with Crippen LogP contribution in [0.4, 0.5) is 0 Å². The van der Waals surface area contributed by atoms with Crippen molar-refractivity contribution in [3.8, 4) is 5.75 Å². The fraction of sp³-hybridized carbons (Fsp3) is 0.565. The molecule has 0 aliphatic carbocycles. The summed E-state index contributed by atoms with van der Waals surface area (Å²) in [7, 11) is 1.96. The maximum atomic E-state index is 12.5. The number of hydrogen-bond donors (Lipinski definition) is 1. The highest BCUT2D eigenvalue weighted by Gasteiger charge is 2.43. The Balaban J connectivity index is 1.45. The number of piperidine rings is 1. The van der Waals surface area contributed by atoms with Crippen LogP contribution in [0.25, 0.3) is 0 Å². The van der Waals surface area contributed by atoms with Crippen molar-refractivity contribution in [3.05, 3.63) is 47.8 Å². The number of carbonyl (C=O) groups excluding carboxylic acids is 1. The monoisotopic (exact) mass is 396 g/mol. The van der Waals surface area contributed by atoms with Gasteiger partial charge in [0.25, 0.3) is 0 Å². The molecule has 6 nitrogen and oxygen atoms in total. The maximum absolute atomic E-state index is 12.5. The van der Waals surface area contributed by atoms with E-state index in [-0.39, 0.29) is 23.5 Å². The van der Waals surface area contributed by atoms with Crippen LogP contribution in [0.3, 0.4) is 0 Å². The van der Waals surface area contributed by atoms with Gasteiger partial charge >= 0.3 is 0 Å². The first-order valence-corrected chi connectivity index (χ1v) is 10.7. The third-order valence-corrected chi connectivity index (χ3v) is 6.12. The molecule has 1 spiro atoms. The predicted octanol–water partition coefficient (Wildman–Crippen LogP) is 3.24. The quantitative estimate of drug-likeness (QED) is 0.843. The van der Waals surface area contributed by atoms with Crippen LogP contribution in [-0.2, 0) is 18.4 Å². The number of fused-ring (bicyclic) bond motifs is 1. The van der Waals surface area contributed by atoms with Crippen LogP contribution >= 0.6 is 0 Å². The molecular weight excluding hydrogens is 364 g/mol. The number of ether oxygens (including phenoxy) is 1. The van der Waals surface area contributed by atoms with Gasteiger partial charge in [-0.25, -0.2) is 0 Å². The largest absolute Gasteiger partial charge is 0.487 e. The molecule has 1 aromatic heterocycles. The number of nitrogens with zero attached hydrogens (tertiary/aromatic N) is 3. The van der Waals surface area contributed by atoms with Gasteiger partial charge in [-0.1, -0.05) is 18.2 Å². The van der Waals surface area contributed by atoms with Gasteiger partial charge in [-0.15, -0.1) is 0 Å². The van der Waals surface area contributed by atoms with Gasteiger partial charge in [0.2, 0.25) is 5.91 Å². The fourth-order valence-corrected chi connectivity index (χ4v) is 4.77. The molecule has 1 aromatic carbocycles. The molecule has 1 saturated heterocycles. The van der Waals surface area contributed by atoms with Gasteiger partial charge in [-0.3, -0.25) is 14.4 Å². The minimum Gasteiger partial charge on any atom is -0.487 e. The Morgan fingerprint density at radius 2 is 2.07 bits per heavy atom. The molecule has 6 heteroatoms. The number of hydrogen-bond acceptors (Lipinski definition) is 4. The normalized spacial score (nSPS) is 21.0. The molecule has 3 heterocycles. The summed E-state index contributed by atoms with van der Waals surface area (Å²) in [6.07, 6.45) is 7.45. The summed E-state index contributed by atoms with van der Waals surface area (Å²) in [6.45, 7) is 6.95. The van der Waals surface area contributed by atoms with Crippen LogP contribution in [-0.4, -0.2) is 45.3 Å². The van der Waals surface area contributed by atoms with Crippen molar-refractivity contribution in [3.63, 3.8) is 0 Å². The SMILES string of the molecule is CC(C)NC(=O)C[C@@H]1CC2(CCN(Cc3cnn(C)c3)CC2)Oc2ccccc21. The van der Waals surface area contributed by atoms with E-state index in [0.717, 1.165) is 44.6 Å². The molecule has 4 rings (SSSR count). The predicted molar refractivity (Wildman–Crippen MR) is 113 cm³/mol. The summed E-state index contributed by atoms with van der Waals surface area (Å²) >= 11 is 0. The van der Waals surface area contributed by atoms with Crippen molar-refractivity contribution in [1.82, 2.24) is 20.0 Å². The van der Waals surface area contributed by atoms with E-state index in [1.54, 1.807) is 0 Å². The number of likely N-dealkylation sites (tertiary alicyclic amines) is 1. The van der Waals surface area contributed by atoms with Gasteiger partial charge < -0.3 is 10.1 Å². The van der Waals surface area contributed by atoms with Gasteiger partial charge in [-0.2, -0.15) is 5.10 Å². The minimum absolute atomic E-state index is 0.130. The van der Waals surface area contributed by atoms with Gasteiger partial charge in [0.1, 0.15) is 11.4 Å². The summed E-state index contributed by atoms with van der Waals surface area (Å²) in [5, 5.41) is 7.33. The van der Waals surface area contributed by atoms with Gasteiger partial charge in [-0.05, 0) is 44.7 Å². The zero-order chi connectivity index (χ0) is 20.4. The first-order valence-electron chi connectivity index (χ1n) is 10.7. The number of aromatic nitrogens is 2. The van der Waals surface area contributed by atoms with Crippen molar-refractivity contribution in [2.45, 2.75) is 63.6 Å². The zero-order valence-electron chi connectivity index (χ0n) is 17.7. The van der Waals surface area contributed by atoms with Gasteiger partial charge in [0.15, 0.2) is 0 Å². The van der Waals surface area contributed by atoms with Gasteiger partial charge in [0.05, 0.1) is 6.20 Å². The van der Waals surface area contributed by atoms with Crippen molar-refractivity contribution < 1.29 is 9.53 Å². The number of benzene rings is 1. The first-order chi connectivity index (χ1) is 13.9. The van der Waals surface area contributed by atoms with E-state index in [9.17, 15) is 4.79 Å². The lowest BCUT2D eigenvalue weighted by molar-refractivity contribution is -0.122. The molecule has 0 saturated carbocycles. The Labute approximate surface area is 173 Å². The molecule has 1 N–H and O–H groups in total. The van der Waals surface area contributed by atoms with Crippen molar-refractivity contribution in [2.24, 2.45) is 7.05 Å². The lowest BCUT2D eigenvalue weighted by Crippen LogP contribution is -2.50. The van der Waals surface area contributed by atoms with E-state index in [1.165, 1.54) is 11.1 Å². The fourth-order valence-electron chi connectivity index (χ4n) is 4.77. The average Bonchev–Trinajstić information content (AvgIpc) is 3.08. The maximum Gasteiger partial charge on any atom is 0.220 e. The second-order valence-electron chi connectivity index (χ2n) is 8.95. The van der Waals surface area contributed by atoms with Crippen LogP contribution in [0.2, 0.25) is 0 Å². The van der Waals surface area contributed by atoms with Crippen molar-refractivity contribution in [1.29, 1.82) is 0 Å². The minimum atomic E-state index is -0.164. The molecule has 29 heavy (non-hydrogen) atoms. The molecule has 1 amide bonds. The number of carbonyl (C=O) groups is 1. The van der Waals surface area contributed by atoms with E-state index in [0.29, 0.717) is 6.42 Å². The van der Waals surface area contributed by atoms with Crippen LogP contribution in [0, 0.1) is 0 Å². The summed E-state index contributed by atoms with van der Waals surface area (Å²) in [5.41, 5.74) is 2.26. The number of rotatable bonds is 5. The van der Waals surface area contributed by atoms with Crippen molar-refractivity contribution >= 4 is 5.91 Å². The Morgan fingerprint density at radius 3 is 2.76 bits per heavy atom. The van der Waals surface area contributed by atoms with Crippen LogP contribution in [0.5, 0.6) is 5.75 Å². The Hall–Kier alpha value is -2.34. The second-order valence-corrected chi connectivity index (χ2v) is 8.95. The molecule has 2 aliphatic rings. The van der Waals surface area contributed by atoms with E-state index in [1.807, 2.05) is 43.9 Å². The molecule has 156 valence electrons. The smallest absolute Gasteiger partial charge is 0.220 e. The summed E-state index contributed by atoms with van der Waals surface area (Å²) in [5.74, 6) is 1.30. The average molecular weight is 397 g/mol. The van der Waals surface area contributed by atoms with E-state index < -0.39 is 0 Å². The number of para-hydroxylation sites is 1. The molecule has 0 radical (unpaired) electrons. The topological polar surface area (TPSA) is 59.4 Å². The Bertz CT molecular complexity index is 852. The molecule has 1 atom stereocenters. The molecule has 0 unspecified atom stereocenters. The third kappa shape index (κ3) is 4.64. The molecule has 2 aromatic rings. The van der Waals surface area contributed by atoms with Gasteiger partial charge in [0, 0.05) is 56.8 Å². The summed E-state index contributed by atoms with van der Waals surface area (Å²) in [6, 6.07) is 8.42. The van der Waals surface area contributed by atoms with E-state index in [4.69, 9.17) is 4.74 Å². The molecule has 1 fully saturated rings. The van der Waals surface area contributed by atoms with E-state index >= 15 is 0 Å². The van der Waals surface area contributed by atoms with Crippen LogP contribution in [0.15, 0.2) is 36.7 Å². The highest BCUT2D eigenvalue weighted by molar-refractivity contribution is 5.77. The summed E-state index contributed by atoms with van der Waals surface area (Å²) < 4.78 is 8.44. The lowest BCUT2D eigenvalue weighted by Gasteiger charge is -2.47. The molecule has 2 aliphatic heterocycles. The number of aryl methyl sites for hydroxylation is 1. The van der Waals surface area contributed by atoms with E-state index in [2.05, 4.69) is 33.6 Å². The summed E-state index contributed by atoms with van der Waals surface area (Å²) in [4.78, 5) is 15.0. The standard InChI is InChI=1S/C23H32N4O2/c1-17(2)25-22(28)12-19-13-23(29-21-7-5-4-6-20(19)21)8-10-27(11-9-23)16-18-14-24-26(3)15-18/h4-7,14-15,17,19H,8-13,16H2,1-3H3,(H,25,28)/t19-/m1/s1. The molecular formula is C23H32N4O2. The zero-order valence-corrected chi connectivity index (χ0v) is 17.7. The Morgan fingerprint density at radius 1 is 1.31 bits per heavy atom. The number of nitrogens with one attached hydrogen (secondary N) is 1. The lowest BCUT2D eigenvalue weighted by atomic mass is 9.76. The molecule has 0 bridgehead atoms. The van der Waals surface area contributed by atoms with Crippen LogP contribution in [0.1, 0.15) is 56.6 Å². The first kappa shape index (κ1) is 20.0. The second kappa shape index (κ2) is 8.19. The number of amides is 1. The highest BCUT2D eigenvalue weighted by Crippen LogP contribution is 2.46.